The average Bonchev–Trinajstić information content (AvgIpc) is 3.25. The van der Waals surface area contributed by atoms with E-state index in [9.17, 15) is 9.59 Å². The summed E-state index contributed by atoms with van der Waals surface area (Å²) in [6, 6.07) is 0.428. The molecule has 7 nitrogen and oxygen atoms in total. The third-order valence-electron chi connectivity index (χ3n) is 19.4. The van der Waals surface area contributed by atoms with Crippen LogP contribution in [0.1, 0.15) is 296 Å². The van der Waals surface area contributed by atoms with E-state index in [4.69, 9.17) is 18.9 Å². The first-order valence-electron chi connectivity index (χ1n) is 31.9. The Morgan fingerprint density at radius 3 is 1.32 bits per heavy atom. The number of esters is 2. The van der Waals surface area contributed by atoms with Gasteiger partial charge in [0.1, 0.15) is 0 Å². The van der Waals surface area contributed by atoms with Crippen molar-refractivity contribution < 1.29 is 28.5 Å². The molecule has 0 aliphatic heterocycles. The van der Waals surface area contributed by atoms with Crippen LogP contribution >= 0.6 is 0 Å². The number of nitrogens with zero attached hydrogens (tertiary/aromatic N) is 1. The molecular formula is C70H139NO6. The molecule has 0 bridgehead atoms. The Labute approximate surface area is 482 Å². The second-order valence-corrected chi connectivity index (χ2v) is 33.6. The topological polar surface area (TPSA) is 74.3 Å². The van der Waals surface area contributed by atoms with Crippen LogP contribution in [-0.4, -0.2) is 76.1 Å². The van der Waals surface area contributed by atoms with E-state index in [2.05, 4.69) is 206 Å². The van der Waals surface area contributed by atoms with E-state index in [0.29, 0.717) is 87.4 Å². The lowest BCUT2D eigenvalue weighted by Crippen LogP contribution is -2.44. The van der Waals surface area contributed by atoms with Crippen LogP contribution in [0.4, 0.5) is 0 Å². The second kappa shape index (κ2) is 32.6. The maximum atomic E-state index is 13.3. The minimum Gasteiger partial charge on any atom is -0.465 e. The van der Waals surface area contributed by atoms with E-state index < -0.39 is 0 Å². The van der Waals surface area contributed by atoms with Gasteiger partial charge in [-0.1, -0.05) is 193 Å². The smallest absolute Gasteiger partial charge is 0.305 e. The summed E-state index contributed by atoms with van der Waals surface area (Å²) in [7, 11) is 4.35. The molecule has 77 heavy (non-hydrogen) atoms. The lowest BCUT2D eigenvalue weighted by Gasteiger charge is -2.48. The molecule has 0 rings (SSSR count). The Morgan fingerprint density at radius 1 is 0.494 bits per heavy atom. The Hall–Kier alpha value is -1.18. The van der Waals surface area contributed by atoms with Crippen LogP contribution < -0.4 is 0 Å². The molecule has 0 radical (unpaired) electrons. The number of hydrogen-bond donors (Lipinski definition) is 0. The Morgan fingerprint density at radius 2 is 0.909 bits per heavy atom. The highest BCUT2D eigenvalue weighted by Crippen LogP contribution is 2.50. The minimum absolute atomic E-state index is 0.00255. The summed E-state index contributed by atoms with van der Waals surface area (Å²) < 4.78 is 25.6. The Kier molecular flexibility index (Phi) is 32.1. The highest BCUT2D eigenvalue weighted by atomic mass is 16.5. The molecule has 0 saturated heterocycles. The van der Waals surface area contributed by atoms with Crippen LogP contribution in [0.25, 0.3) is 0 Å². The number of carbonyl (C=O) groups excluding carboxylic acids is 2. The van der Waals surface area contributed by atoms with Gasteiger partial charge in [-0.25, -0.2) is 0 Å². The monoisotopic (exact) mass is 1090 g/mol. The molecule has 0 spiro atoms. The Bertz CT molecular complexity index is 1630. The van der Waals surface area contributed by atoms with Crippen molar-refractivity contribution in [2.45, 2.75) is 308 Å². The number of ether oxygens (including phenoxy) is 4. The summed E-state index contributed by atoms with van der Waals surface area (Å²) in [4.78, 5) is 28.9. The van der Waals surface area contributed by atoms with Crippen molar-refractivity contribution in [3.05, 3.63) is 0 Å². The van der Waals surface area contributed by atoms with Crippen molar-refractivity contribution in [2.24, 2.45) is 84.2 Å². The van der Waals surface area contributed by atoms with Crippen molar-refractivity contribution in [1.82, 2.24) is 4.90 Å². The normalized spacial score (nSPS) is 16.4. The van der Waals surface area contributed by atoms with Gasteiger partial charge in [-0.15, -0.1) is 0 Å². The van der Waals surface area contributed by atoms with E-state index in [-0.39, 0.29) is 66.8 Å². The van der Waals surface area contributed by atoms with Crippen LogP contribution in [-0.2, 0) is 28.5 Å². The zero-order chi connectivity index (χ0) is 60.2. The molecule has 0 aliphatic carbocycles. The summed E-state index contributed by atoms with van der Waals surface area (Å²) in [5, 5.41) is 0. The van der Waals surface area contributed by atoms with Crippen LogP contribution in [0.2, 0.25) is 0 Å². The van der Waals surface area contributed by atoms with Crippen molar-refractivity contribution in [1.29, 1.82) is 0 Å². The van der Waals surface area contributed by atoms with Crippen LogP contribution in [0, 0.1) is 84.2 Å². The van der Waals surface area contributed by atoms with Gasteiger partial charge in [0.25, 0.3) is 0 Å². The number of carbonyl (C=O) groups is 2. The van der Waals surface area contributed by atoms with Crippen molar-refractivity contribution in [3.63, 3.8) is 0 Å². The molecule has 0 saturated carbocycles. The van der Waals surface area contributed by atoms with Gasteiger partial charge in [0.05, 0.1) is 25.9 Å². The molecule has 0 fully saturated rings. The fraction of sp³-hybridized carbons (Fsp3) is 0.971. The number of hydrogen-bond acceptors (Lipinski definition) is 7. The van der Waals surface area contributed by atoms with Gasteiger partial charge < -0.3 is 23.8 Å². The lowest BCUT2D eigenvalue weighted by molar-refractivity contribution is -0.152. The van der Waals surface area contributed by atoms with E-state index in [1.807, 2.05) is 0 Å². The molecule has 460 valence electrons. The summed E-state index contributed by atoms with van der Waals surface area (Å²) >= 11 is 0. The van der Waals surface area contributed by atoms with Crippen LogP contribution in [0.5, 0.6) is 0 Å². The van der Waals surface area contributed by atoms with E-state index in [1.165, 1.54) is 25.7 Å². The molecule has 0 heterocycles. The molecule has 0 N–H and O–H groups in total. The first-order valence-corrected chi connectivity index (χ1v) is 31.9. The maximum absolute atomic E-state index is 13.3. The molecule has 5 unspecified atom stereocenters. The molecular weight excluding hydrogens is 951 g/mol. The summed E-state index contributed by atoms with van der Waals surface area (Å²) in [5.74, 6) is 3.69. The average molecular weight is 1090 g/mol. The van der Waals surface area contributed by atoms with Crippen molar-refractivity contribution in [2.75, 3.05) is 47.1 Å². The summed E-state index contributed by atoms with van der Waals surface area (Å²) in [6.07, 6.45) is 16.8. The van der Waals surface area contributed by atoms with E-state index in [0.717, 1.165) is 70.6 Å². The summed E-state index contributed by atoms with van der Waals surface area (Å²) in [5.41, 5.74) is 0.233. The fourth-order valence-electron chi connectivity index (χ4n) is 14.2. The maximum Gasteiger partial charge on any atom is 0.305 e. The van der Waals surface area contributed by atoms with Crippen LogP contribution in [0.3, 0.4) is 0 Å². The molecule has 5 atom stereocenters. The standard InChI is InChI=1S/C70H139NO6/c1-30-70(27,45-56(10)71(28)29)59(75-44-32-40-63(13,14)48-65(17,18)42-38-61(73)77-51-68(23,24)69(25,26)58(55(8)9)36-34-53(4)5)46-74-43-31-39-62(11,12)47-64(15,16)41-37-60(72)76-50-66(19,20)49-67(21,22)57(54(6)7)35-33-52(2)3/h52-59H,30-51H2,1-29H3. The van der Waals surface area contributed by atoms with E-state index >= 15 is 0 Å². The third-order valence-corrected chi connectivity index (χ3v) is 19.4. The minimum atomic E-state index is -0.129. The van der Waals surface area contributed by atoms with Gasteiger partial charge in [0, 0.05) is 37.5 Å². The first-order chi connectivity index (χ1) is 34.8. The largest absolute Gasteiger partial charge is 0.465 e. The molecule has 0 aromatic rings. The third kappa shape index (κ3) is 30.1. The highest BCUT2D eigenvalue weighted by molar-refractivity contribution is 5.69. The molecule has 7 heteroatoms. The van der Waals surface area contributed by atoms with Gasteiger partial charge in [0.2, 0.25) is 0 Å². The highest BCUT2D eigenvalue weighted by Gasteiger charge is 2.45. The van der Waals surface area contributed by atoms with Gasteiger partial charge in [-0.3, -0.25) is 9.59 Å². The van der Waals surface area contributed by atoms with Gasteiger partial charge >= 0.3 is 11.9 Å². The summed E-state index contributed by atoms with van der Waals surface area (Å²) in [6.45, 7) is 66.3. The zero-order valence-corrected chi connectivity index (χ0v) is 57.6. The van der Waals surface area contributed by atoms with E-state index in [1.54, 1.807) is 0 Å². The second-order valence-electron chi connectivity index (χ2n) is 33.6. The van der Waals surface area contributed by atoms with Crippen LogP contribution in [0.15, 0.2) is 0 Å². The first kappa shape index (κ1) is 75.8. The fourth-order valence-corrected chi connectivity index (χ4v) is 14.2. The predicted octanol–water partition coefficient (Wildman–Crippen LogP) is 20.1. The molecule has 0 amide bonds. The molecule has 0 aliphatic rings. The number of rotatable bonds is 43. The molecule has 0 aromatic heterocycles. The predicted molar refractivity (Wildman–Crippen MR) is 334 cm³/mol. The SMILES string of the molecule is CCC(C)(CC(C)N(C)C)C(COCCCC(C)(C)CC(C)(C)CCC(=O)OCC(C)(C)CC(C)(C)C(CCC(C)C)C(C)C)OCCCC(C)(C)CC(C)(C)CCC(=O)OCC(C)(C)C(C)(C)C(CCC(C)C)C(C)C. The van der Waals surface area contributed by atoms with Gasteiger partial charge in [0.15, 0.2) is 0 Å². The van der Waals surface area contributed by atoms with Gasteiger partial charge in [-0.2, -0.15) is 0 Å². The van der Waals surface area contributed by atoms with Crippen molar-refractivity contribution >= 4 is 11.9 Å². The Balaban J connectivity index is 5.40. The zero-order valence-electron chi connectivity index (χ0n) is 57.6. The van der Waals surface area contributed by atoms with Crippen molar-refractivity contribution in [3.8, 4) is 0 Å². The van der Waals surface area contributed by atoms with Gasteiger partial charge in [-0.05, 0) is 183 Å². The molecule has 0 aromatic carbocycles. The quantitative estimate of drug-likeness (QED) is 0.0445. The lowest BCUT2D eigenvalue weighted by atomic mass is 9.57.